The second kappa shape index (κ2) is 6.07. The lowest BCUT2D eigenvalue weighted by Crippen LogP contribution is -2.32. The van der Waals surface area contributed by atoms with E-state index in [1.54, 1.807) is 13.8 Å². The first-order chi connectivity index (χ1) is 8.86. The van der Waals surface area contributed by atoms with Gasteiger partial charge in [0.15, 0.2) is 4.90 Å². The summed E-state index contributed by atoms with van der Waals surface area (Å²) in [7, 11) is -4.06. The number of benzene rings is 1. The normalized spacial score (nSPS) is 11.8. The van der Waals surface area contributed by atoms with Gasteiger partial charge in [-0.05, 0) is 18.6 Å². The number of hydrogen-bond donors (Lipinski definition) is 0. The molecule has 1 aromatic rings. The van der Waals surface area contributed by atoms with Crippen LogP contribution in [-0.2, 0) is 10.0 Å². The number of sulfonamides is 1. The second-order valence-corrected chi connectivity index (χ2v) is 5.75. The minimum absolute atomic E-state index is 0.170. The minimum atomic E-state index is -4.06. The van der Waals surface area contributed by atoms with Gasteiger partial charge in [-0.2, -0.15) is 8.70 Å². The van der Waals surface area contributed by atoms with Crippen LogP contribution in [0.15, 0.2) is 23.1 Å². The lowest BCUT2D eigenvalue weighted by atomic mass is 10.3. The van der Waals surface area contributed by atoms with Crippen molar-refractivity contribution in [2.24, 2.45) is 0 Å². The third-order valence-corrected chi connectivity index (χ3v) is 4.58. The summed E-state index contributed by atoms with van der Waals surface area (Å²) in [5, 5.41) is 10.8. The van der Waals surface area contributed by atoms with Gasteiger partial charge in [-0.15, -0.1) is 0 Å². The first-order valence-corrected chi connectivity index (χ1v) is 7.23. The largest absolute Gasteiger partial charge is 0.324 e. The van der Waals surface area contributed by atoms with Gasteiger partial charge in [0.1, 0.15) is 0 Å². The Kier molecular flexibility index (Phi) is 4.96. The summed E-state index contributed by atoms with van der Waals surface area (Å²) < 4.78 is 39.1. The summed E-state index contributed by atoms with van der Waals surface area (Å²) in [4.78, 5) is 9.22. The van der Waals surface area contributed by atoms with Crippen molar-refractivity contribution in [3.8, 4) is 0 Å². The van der Waals surface area contributed by atoms with E-state index in [1.807, 2.05) is 0 Å². The van der Waals surface area contributed by atoms with E-state index >= 15 is 0 Å². The Hall–Kier alpha value is -1.54. The monoisotopic (exact) mass is 290 g/mol. The van der Waals surface area contributed by atoms with Crippen molar-refractivity contribution in [1.29, 1.82) is 0 Å². The summed E-state index contributed by atoms with van der Waals surface area (Å²) in [5.74, 6) is -1.15. The van der Waals surface area contributed by atoms with Gasteiger partial charge in [0.2, 0.25) is 15.8 Å². The molecule has 0 saturated carbocycles. The van der Waals surface area contributed by atoms with Crippen molar-refractivity contribution < 1.29 is 17.7 Å². The Morgan fingerprint density at radius 3 is 2.47 bits per heavy atom. The van der Waals surface area contributed by atoms with E-state index in [9.17, 15) is 22.9 Å². The van der Waals surface area contributed by atoms with Crippen molar-refractivity contribution in [2.45, 2.75) is 25.2 Å². The Morgan fingerprint density at radius 1 is 1.37 bits per heavy atom. The maximum Gasteiger partial charge on any atom is 0.324 e. The fourth-order valence-corrected chi connectivity index (χ4v) is 3.43. The molecule has 0 bridgehead atoms. The first kappa shape index (κ1) is 15.5. The second-order valence-electron chi connectivity index (χ2n) is 3.84. The van der Waals surface area contributed by atoms with Gasteiger partial charge in [-0.25, -0.2) is 8.42 Å². The minimum Gasteiger partial charge on any atom is -0.258 e. The molecule has 1 aromatic carbocycles. The highest BCUT2D eigenvalue weighted by Gasteiger charge is 2.32. The molecule has 0 aliphatic heterocycles. The van der Waals surface area contributed by atoms with Gasteiger partial charge in [0, 0.05) is 13.1 Å². The Balaban J connectivity index is 3.44. The number of nitro benzene ring substituents is 1. The van der Waals surface area contributed by atoms with Gasteiger partial charge in [0.05, 0.1) is 4.92 Å². The highest BCUT2D eigenvalue weighted by atomic mass is 32.2. The van der Waals surface area contributed by atoms with Crippen LogP contribution in [0.5, 0.6) is 0 Å². The number of rotatable bonds is 6. The van der Waals surface area contributed by atoms with E-state index in [4.69, 9.17) is 0 Å². The van der Waals surface area contributed by atoms with Gasteiger partial charge in [0.25, 0.3) is 0 Å². The number of halogens is 1. The van der Waals surface area contributed by atoms with Crippen molar-refractivity contribution >= 4 is 15.7 Å². The zero-order valence-corrected chi connectivity index (χ0v) is 11.5. The zero-order valence-electron chi connectivity index (χ0n) is 10.7. The molecule has 0 aliphatic carbocycles. The number of nitrogens with zero attached hydrogens (tertiary/aromatic N) is 2. The predicted molar refractivity (Wildman–Crippen MR) is 67.8 cm³/mol. The summed E-state index contributed by atoms with van der Waals surface area (Å²) in [6, 6.07) is 3.07. The molecule has 0 unspecified atom stereocenters. The number of hydrogen-bond acceptors (Lipinski definition) is 4. The summed E-state index contributed by atoms with van der Waals surface area (Å²) in [6.45, 7) is 3.81. The highest BCUT2D eigenvalue weighted by Crippen LogP contribution is 2.29. The maximum absolute atomic E-state index is 13.5. The van der Waals surface area contributed by atoms with Gasteiger partial charge in [-0.3, -0.25) is 10.1 Å². The molecule has 0 radical (unpaired) electrons. The summed E-state index contributed by atoms with van der Waals surface area (Å²) in [6.07, 6.45) is 0.566. The third kappa shape index (κ3) is 3.07. The van der Waals surface area contributed by atoms with Crippen LogP contribution in [0.2, 0.25) is 0 Å². The van der Waals surface area contributed by atoms with E-state index in [-0.39, 0.29) is 13.1 Å². The zero-order chi connectivity index (χ0) is 14.6. The van der Waals surface area contributed by atoms with Crippen LogP contribution in [0, 0.1) is 15.9 Å². The van der Waals surface area contributed by atoms with Crippen molar-refractivity contribution in [2.75, 3.05) is 13.1 Å². The maximum atomic E-state index is 13.5. The average Bonchev–Trinajstić information content (AvgIpc) is 2.34. The van der Waals surface area contributed by atoms with Crippen molar-refractivity contribution in [3.63, 3.8) is 0 Å². The predicted octanol–water partition coefficient (Wildman–Crippen LogP) is 2.15. The van der Waals surface area contributed by atoms with Crippen LogP contribution in [0.25, 0.3) is 0 Å². The van der Waals surface area contributed by atoms with Crippen LogP contribution in [0.4, 0.5) is 10.1 Å². The van der Waals surface area contributed by atoms with Crippen LogP contribution < -0.4 is 0 Å². The molecular weight excluding hydrogens is 275 g/mol. The molecule has 0 aliphatic rings. The number of nitro groups is 1. The van der Waals surface area contributed by atoms with Gasteiger partial charge >= 0.3 is 5.69 Å². The van der Waals surface area contributed by atoms with E-state index in [0.717, 1.165) is 22.5 Å². The van der Waals surface area contributed by atoms with Crippen LogP contribution in [-0.4, -0.2) is 30.7 Å². The molecule has 19 heavy (non-hydrogen) atoms. The van der Waals surface area contributed by atoms with Crippen molar-refractivity contribution in [3.05, 3.63) is 34.1 Å². The number of para-hydroxylation sites is 1. The molecule has 0 fully saturated rings. The average molecular weight is 290 g/mol. The van der Waals surface area contributed by atoms with E-state index in [1.165, 1.54) is 0 Å². The molecule has 1 rings (SSSR count). The SMILES string of the molecule is CCCN(CC)S(=O)(=O)c1cccc(F)c1[N+](=O)[O-]. The van der Waals surface area contributed by atoms with Crippen LogP contribution >= 0.6 is 0 Å². The smallest absolute Gasteiger partial charge is 0.258 e. The topological polar surface area (TPSA) is 80.5 Å². The molecule has 0 N–H and O–H groups in total. The molecule has 106 valence electrons. The molecule has 0 saturated heterocycles. The Morgan fingerprint density at radius 2 is 2.00 bits per heavy atom. The lowest BCUT2D eigenvalue weighted by Gasteiger charge is -2.19. The Bertz CT molecular complexity index is 574. The fraction of sp³-hybridized carbons (Fsp3) is 0.455. The molecule has 6 nitrogen and oxygen atoms in total. The van der Waals surface area contributed by atoms with Crippen molar-refractivity contribution in [1.82, 2.24) is 4.31 Å². The molecule has 0 heterocycles. The first-order valence-electron chi connectivity index (χ1n) is 5.79. The lowest BCUT2D eigenvalue weighted by molar-refractivity contribution is -0.390. The molecule has 0 spiro atoms. The van der Waals surface area contributed by atoms with E-state index < -0.39 is 31.3 Å². The highest BCUT2D eigenvalue weighted by molar-refractivity contribution is 7.89. The fourth-order valence-electron chi connectivity index (χ4n) is 1.72. The van der Waals surface area contributed by atoms with Crippen LogP contribution in [0.3, 0.4) is 0 Å². The summed E-state index contributed by atoms with van der Waals surface area (Å²) in [5.41, 5.74) is -1.00. The van der Waals surface area contributed by atoms with Gasteiger partial charge in [-0.1, -0.05) is 19.9 Å². The standard InChI is InChI=1S/C11H15FN2O4S/c1-3-8-13(4-2)19(17,18)10-7-5-6-9(12)11(10)14(15)16/h5-7H,3-4,8H2,1-2H3. The van der Waals surface area contributed by atoms with Gasteiger partial charge < -0.3 is 0 Å². The Labute approximate surface area is 111 Å². The molecule has 8 heteroatoms. The van der Waals surface area contributed by atoms with Crippen LogP contribution in [0.1, 0.15) is 20.3 Å². The van der Waals surface area contributed by atoms with E-state index in [0.29, 0.717) is 6.42 Å². The molecule has 0 aromatic heterocycles. The quantitative estimate of drug-likeness (QED) is 0.594. The van der Waals surface area contributed by atoms with E-state index in [2.05, 4.69) is 0 Å². The molecule has 0 amide bonds. The molecule has 0 atom stereocenters. The third-order valence-electron chi connectivity index (χ3n) is 2.58. The summed E-state index contributed by atoms with van der Waals surface area (Å²) >= 11 is 0. The molecular formula is C11H15FN2O4S.